The Bertz CT molecular complexity index is 944. The smallest absolute Gasteiger partial charge is 0.239 e. The number of carbonyl (C=O) groups excluding carboxylic acids is 2. The average molecular weight is 504 g/mol. The molecule has 28 heavy (non-hydrogen) atoms. The normalized spacial score (nSPS) is 26.0. The zero-order chi connectivity index (χ0) is 20.1. The van der Waals surface area contributed by atoms with Crippen molar-refractivity contribution < 1.29 is 9.59 Å². The summed E-state index contributed by atoms with van der Waals surface area (Å²) in [6.07, 6.45) is 1.84. The van der Waals surface area contributed by atoms with Crippen molar-refractivity contribution in [3.63, 3.8) is 0 Å². The summed E-state index contributed by atoms with van der Waals surface area (Å²) < 4.78 is -0.389. The molecule has 2 aromatic rings. The third-order valence-electron chi connectivity index (χ3n) is 5.69. The van der Waals surface area contributed by atoms with E-state index in [0.717, 1.165) is 5.56 Å². The van der Waals surface area contributed by atoms with Gasteiger partial charge in [0.15, 0.2) is 5.78 Å². The van der Waals surface area contributed by atoms with Gasteiger partial charge in [-0.25, -0.2) is 0 Å². The molecule has 2 N–H and O–H groups in total. The molecule has 4 unspecified atom stereocenters. The summed E-state index contributed by atoms with van der Waals surface area (Å²) in [4.78, 5) is 27.3. The topological polar surface area (TPSA) is 63.4 Å². The van der Waals surface area contributed by atoms with Crippen molar-refractivity contribution in [1.29, 1.82) is 0 Å². The van der Waals surface area contributed by atoms with Crippen molar-refractivity contribution in [2.24, 2.45) is 11.7 Å². The number of nitrogens with zero attached hydrogens (tertiary/aromatic N) is 1. The van der Waals surface area contributed by atoms with Crippen molar-refractivity contribution in [3.8, 4) is 0 Å². The number of ketones is 1. The Morgan fingerprint density at radius 1 is 1.04 bits per heavy atom. The molecule has 4 nitrogen and oxygen atoms in total. The number of nitrogens with two attached hydrogens (primary N) is 1. The van der Waals surface area contributed by atoms with Crippen LogP contribution in [0.1, 0.15) is 28.8 Å². The van der Waals surface area contributed by atoms with E-state index in [1.807, 2.05) is 59.6 Å². The van der Waals surface area contributed by atoms with Gasteiger partial charge >= 0.3 is 0 Å². The number of hydrogen-bond acceptors (Lipinski definition) is 3. The third kappa shape index (κ3) is 3.12. The van der Waals surface area contributed by atoms with E-state index in [9.17, 15) is 9.59 Å². The Morgan fingerprint density at radius 3 is 2.18 bits per heavy atom. The highest BCUT2D eigenvalue weighted by atomic mass is 79.9. The number of primary amides is 1. The lowest BCUT2D eigenvalue weighted by atomic mass is 9.81. The molecule has 0 spiro atoms. The first kappa shape index (κ1) is 19.4. The molecule has 1 amide bonds. The monoisotopic (exact) mass is 502 g/mol. The fourth-order valence-corrected chi connectivity index (χ4v) is 5.95. The van der Waals surface area contributed by atoms with Crippen LogP contribution in [0.25, 0.3) is 0 Å². The predicted molar refractivity (Wildman–Crippen MR) is 116 cm³/mol. The second-order valence-corrected chi connectivity index (χ2v) is 11.0. The summed E-state index contributed by atoms with van der Waals surface area (Å²) >= 11 is 7.57. The lowest BCUT2D eigenvalue weighted by Gasteiger charge is -2.34. The molecule has 1 aliphatic carbocycles. The molecule has 2 aromatic carbocycles. The van der Waals surface area contributed by atoms with Gasteiger partial charge in [0.2, 0.25) is 5.91 Å². The van der Waals surface area contributed by atoms with Crippen LogP contribution < -0.4 is 5.73 Å². The number of hydrogen-bond donors (Lipinski definition) is 1. The first-order valence-electron chi connectivity index (χ1n) is 9.15. The van der Waals surface area contributed by atoms with Gasteiger partial charge in [0.1, 0.15) is 9.28 Å². The van der Waals surface area contributed by atoms with Gasteiger partial charge in [-0.05, 0) is 12.5 Å². The number of allylic oxidation sites excluding steroid dienone is 1. The highest BCUT2D eigenvalue weighted by Gasteiger charge is 2.70. The van der Waals surface area contributed by atoms with Crippen molar-refractivity contribution in [2.45, 2.75) is 28.2 Å². The minimum Gasteiger partial charge on any atom is -0.368 e. The Balaban J connectivity index is 1.85. The summed E-state index contributed by atoms with van der Waals surface area (Å²) in [6.45, 7) is 1.78. The molecule has 0 bridgehead atoms. The Morgan fingerprint density at radius 2 is 1.61 bits per heavy atom. The van der Waals surface area contributed by atoms with Crippen LogP contribution in [0.5, 0.6) is 0 Å². The molecule has 144 valence electrons. The van der Waals surface area contributed by atoms with Gasteiger partial charge in [-0.3, -0.25) is 9.59 Å². The van der Waals surface area contributed by atoms with E-state index in [0.29, 0.717) is 11.1 Å². The Labute approximate surface area is 181 Å². The van der Waals surface area contributed by atoms with Gasteiger partial charge in [0.25, 0.3) is 0 Å². The molecule has 0 saturated heterocycles. The van der Waals surface area contributed by atoms with E-state index in [-0.39, 0.29) is 26.9 Å². The molecule has 6 heteroatoms. The average Bonchev–Trinajstić information content (AvgIpc) is 3.29. The first-order valence-corrected chi connectivity index (χ1v) is 10.7. The van der Waals surface area contributed by atoms with Crippen LogP contribution in [0.3, 0.4) is 0 Å². The van der Waals surface area contributed by atoms with Gasteiger partial charge in [-0.2, -0.15) is 0 Å². The fraction of sp³-hybridized carbons (Fsp3) is 0.273. The molecule has 1 fully saturated rings. The van der Waals surface area contributed by atoms with Gasteiger partial charge in [0, 0.05) is 29.2 Å². The van der Waals surface area contributed by atoms with E-state index in [1.54, 1.807) is 6.92 Å². The number of fused-ring (bicyclic) bond motifs is 1. The van der Waals surface area contributed by atoms with Crippen molar-refractivity contribution in [3.05, 3.63) is 83.6 Å². The SMILES string of the molecule is CC(C(N)=O)N1C=C(C(=O)c2ccccc2)C(c2ccccc2)C2C1C2(Br)Br. The van der Waals surface area contributed by atoms with E-state index < -0.39 is 11.9 Å². The number of Topliss-reactive ketones (excluding diaryl/α,β-unsaturated/α-hetero) is 1. The zero-order valence-corrected chi connectivity index (χ0v) is 18.4. The van der Waals surface area contributed by atoms with Crippen LogP contribution in [0.15, 0.2) is 72.4 Å². The van der Waals surface area contributed by atoms with E-state index in [4.69, 9.17) is 5.73 Å². The van der Waals surface area contributed by atoms with E-state index in [2.05, 4.69) is 44.0 Å². The third-order valence-corrected chi connectivity index (χ3v) is 7.68. The quantitative estimate of drug-likeness (QED) is 0.491. The number of benzene rings is 2. The maximum Gasteiger partial charge on any atom is 0.239 e. The summed E-state index contributed by atoms with van der Waals surface area (Å²) in [7, 11) is 0. The standard InChI is InChI=1S/C22H20Br2N2O2/c1-13(21(25)28)26-12-16(19(27)15-10-6-3-7-11-15)17(14-8-4-2-5-9-14)18-20(26)22(18,23)24/h2-13,17-18,20H,1H3,(H2,25,28). The van der Waals surface area contributed by atoms with E-state index in [1.165, 1.54) is 0 Å². The Hall–Kier alpha value is -1.92. The molecule has 0 aromatic heterocycles. The first-order chi connectivity index (χ1) is 13.3. The van der Waals surface area contributed by atoms with Crippen LogP contribution >= 0.6 is 31.9 Å². The molecule has 4 atom stereocenters. The number of carbonyl (C=O) groups is 2. The van der Waals surface area contributed by atoms with Crippen molar-refractivity contribution >= 4 is 43.6 Å². The van der Waals surface area contributed by atoms with Gasteiger partial charge in [-0.15, -0.1) is 0 Å². The number of rotatable bonds is 5. The van der Waals surface area contributed by atoms with Crippen LogP contribution in [0.4, 0.5) is 0 Å². The summed E-state index contributed by atoms with van der Waals surface area (Å²) in [5.74, 6) is -0.446. The van der Waals surface area contributed by atoms with Crippen LogP contribution in [-0.4, -0.2) is 31.9 Å². The highest BCUT2D eigenvalue weighted by Crippen LogP contribution is 2.68. The summed E-state index contributed by atoms with van der Waals surface area (Å²) in [5, 5.41) is 0. The summed E-state index contributed by atoms with van der Waals surface area (Å²) in [5.41, 5.74) is 7.98. The highest BCUT2D eigenvalue weighted by molar-refractivity contribution is 9.25. The number of amides is 1. The van der Waals surface area contributed by atoms with Crippen molar-refractivity contribution in [2.75, 3.05) is 0 Å². The second kappa shape index (κ2) is 7.16. The van der Waals surface area contributed by atoms with Gasteiger partial charge < -0.3 is 10.6 Å². The lowest BCUT2D eigenvalue weighted by Crippen LogP contribution is -2.44. The molecule has 1 saturated carbocycles. The van der Waals surface area contributed by atoms with Crippen LogP contribution in [0.2, 0.25) is 0 Å². The Kier molecular flexibility index (Phi) is 4.96. The molecule has 4 rings (SSSR count). The molecular weight excluding hydrogens is 484 g/mol. The zero-order valence-electron chi connectivity index (χ0n) is 15.3. The minimum absolute atomic E-state index is 0.0209. The maximum absolute atomic E-state index is 13.5. The lowest BCUT2D eigenvalue weighted by molar-refractivity contribution is -0.122. The van der Waals surface area contributed by atoms with Crippen LogP contribution in [0, 0.1) is 5.92 Å². The van der Waals surface area contributed by atoms with Crippen LogP contribution in [-0.2, 0) is 4.79 Å². The number of alkyl halides is 2. The summed E-state index contributed by atoms with van der Waals surface area (Å²) in [6, 6.07) is 18.8. The maximum atomic E-state index is 13.5. The molecule has 1 heterocycles. The molecule has 1 aliphatic heterocycles. The minimum atomic E-state index is -0.514. The number of halogens is 2. The molecular formula is C22H20Br2N2O2. The fourth-order valence-electron chi connectivity index (χ4n) is 4.14. The van der Waals surface area contributed by atoms with E-state index >= 15 is 0 Å². The predicted octanol–water partition coefficient (Wildman–Crippen LogP) is 4.21. The molecule has 0 radical (unpaired) electrons. The van der Waals surface area contributed by atoms with Gasteiger partial charge in [0.05, 0.1) is 6.04 Å². The van der Waals surface area contributed by atoms with Crippen molar-refractivity contribution in [1.82, 2.24) is 4.90 Å². The van der Waals surface area contributed by atoms with Gasteiger partial charge in [-0.1, -0.05) is 92.5 Å². The second-order valence-electron chi connectivity index (χ2n) is 7.34. The largest absolute Gasteiger partial charge is 0.368 e. The molecule has 2 aliphatic rings.